The SMILES string of the molecule is NC(=Nc1ccc(Nc2ncc3c(n2)C2=CN=C(Cl)C=C(c4ccccc4F)C2=CC3)cc1)NC(=O)C1CC1. The van der Waals surface area contributed by atoms with Gasteiger partial charge in [0.1, 0.15) is 11.0 Å². The highest BCUT2D eigenvalue weighted by molar-refractivity contribution is 6.69. The van der Waals surface area contributed by atoms with Crippen LogP contribution in [0.25, 0.3) is 11.1 Å². The molecule has 0 saturated heterocycles. The first-order chi connectivity index (χ1) is 18.9. The van der Waals surface area contributed by atoms with Gasteiger partial charge in [0.25, 0.3) is 0 Å². The predicted molar refractivity (Wildman–Crippen MR) is 151 cm³/mol. The minimum absolute atomic E-state index is 0.0492. The lowest BCUT2D eigenvalue weighted by Crippen LogP contribution is -2.37. The molecule has 2 heterocycles. The zero-order chi connectivity index (χ0) is 26.9. The van der Waals surface area contributed by atoms with Crippen molar-refractivity contribution in [3.63, 3.8) is 0 Å². The van der Waals surface area contributed by atoms with E-state index >= 15 is 0 Å². The van der Waals surface area contributed by atoms with Gasteiger partial charge in [-0.3, -0.25) is 10.1 Å². The van der Waals surface area contributed by atoms with Gasteiger partial charge in [0.05, 0.1) is 11.4 Å². The average molecular weight is 540 g/mol. The minimum atomic E-state index is -0.342. The third kappa shape index (κ3) is 5.35. The Kier molecular flexibility index (Phi) is 6.50. The Hall–Kier alpha value is -4.63. The number of anilines is 2. The van der Waals surface area contributed by atoms with E-state index in [0.717, 1.165) is 35.2 Å². The van der Waals surface area contributed by atoms with Crippen LogP contribution in [-0.2, 0) is 11.2 Å². The third-order valence-electron chi connectivity index (χ3n) is 6.54. The van der Waals surface area contributed by atoms with Crippen molar-refractivity contribution in [3.05, 3.63) is 101 Å². The molecule has 10 heteroatoms. The summed E-state index contributed by atoms with van der Waals surface area (Å²) in [5.41, 5.74) is 11.4. The number of benzene rings is 2. The number of nitrogens with one attached hydrogen (secondary N) is 2. The number of carbonyl (C=O) groups excluding carboxylic acids is 1. The van der Waals surface area contributed by atoms with Crippen LogP contribution in [0.2, 0.25) is 0 Å². The summed E-state index contributed by atoms with van der Waals surface area (Å²) in [5.74, 6) is 0.0707. The maximum atomic E-state index is 14.7. The van der Waals surface area contributed by atoms with Crippen molar-refractivity contribution in [1.29, 1.82) is 0 Å². The van der Waals surface area contributed by atoms with Gasteiger partial charge >= 0.3 is 0 Å². The van der Waals surface area contributed by atoms with Crippen LogP contribution in [0.15, 0.2) is 88.6 Å². The number of allylic oxidation sites excluding steroid dienone is 5. The van der Waals surface area contributed by atoms with Gasteiger partial charge < -0.3 is 11.1 Å². The number of nitrogens with zero attached hydrogens (tertiary/aromatic N) is 4. The molecule has 194 valence electrons. The second-order valence-electron chi connectivity index (χ2n) is 9.35. The van der Waals surface area contributed by atoms with Gasteiger partial charge in [0.15, 0.2) is 0 Å². The largest absolute Gasteiger partial charge is 0.369 e. The van der Waals surface area contributed by atoms with E-state index in [1.165, 1.54) is 6.07 Å². The Morgan fingerprint density at radius 3 is 2.64 bits per heavy atom. The van der Waals surface area contributed by atoms with Crippen LogP contribution in [0.4, 0.5) is 21.7 Å². The van der Waals surface area contributed by atoms with Crippen molar-refractivity contribution in [2.75, 3.05) is 5.32 Å². The zero-order valence-electron chi connectivity index (χ0n) is 20.7. The quantitative estimate of drug-likeness (QED) is 0.297. The molecule has 0 spiro atoms. The molecule has 0 unspecified atom stereocenters. The van der Waals surface area contributed by atoms with Crippen LogP contribution in [0, 0.1) is 11.7 Å². The summed E-state index contributed by atoms with van der Waals surface area (Å²) in [5, 5.41) is 6.08. The molecule has 1 fully saturated rings. The number of guanidine groups is 1. The molecule has 6 rings (SSSR count). The predicted octanol–water partition coefficient (Wildman–Crippen LogP) is 5.39. The van der Waals surface area contributed by atoms with Crippen LogP contribution in [0.5, 0.6) is 0 Å². The lowest BCUT2D eigenvalue weighted by Gasteiger charge is -2.21. The molecule has 8 nitrogen and oxygen atoms in total. The van der Waals surface area contributed by atoms with Crippen molar-refractivity contribution in [3.8, 4) is 0 Å². The standard InChI is InChI=1S/C29H23ClFN7O/c30-25-13-22(21-3-1-2-4-24(21)31)20-12-7-17-14-34-29(37-26(17)23(20)15-33-25)36-19-10-8-18(9-11-19)35-28(32)38-27(39)16-5-6-16/h1-4,8-16H,5-7H2,(H,34,36,37)(H3,32,35,38,39). The van der Waals surface area contributed by atoms with E-state index in [0.29, 0.717) is 34.9 Å². The molecular weight excluding hydrogens is 517 g/mol. The second-order valence-corrected chi connectivity index (χ2v) is 9.74. The van der Waals surface area contributed by atoms with Crippen LogP contribution < -0.4 is 16.4 Å². The van der Waals surface area contributed by atoms with Gasteiger partial charge in [-0.1, -0.05) is 35.9 Å². The first-order valence-electron chi connectivity index (χ1n) is 12.4. The molecule has 1 amide bonds. The maximum absolute atomic E-state index is 14.7. The van der Waals surface area contributed by atoms with Gasteiger partial charge in [0.2, 0.25) is 17.8 Å². The van der Waals surface area contributed by atoms with E-state index in [2.05, 4.69) is 25.6 Å². The number of hydrogen-bond donors (Lipinski definition) is 3. The van der Waals surface area contributed by atoms with Crippen molar-refractivity contribution in [2.24, 2.45) is 21.6 Å². The molecule has 1 aliphatic heterocycles. The van der Waals surface area contributed by atoms with Gasteiger partial charge in [-0.05, 0) is 66.8 Å². The van der Waals surface area contributed by atoms with Crippen LogP contribution in [0.3, 0.4) is 0 Å². The summed E-state index contributed by atoms with van der Waals surface area (Å²) in [4.78, 5) is 29.7. The highest BCUT2D eigenvalue weighted by Gasteiger charge is 2.30. The fraction of sp³-hybridized carbons (Fsp3) is 0.138. The van der Waals surface area contributed by atoms with Gasteiger partial charge in [0, 0.05) is 40.7 Å². The fourth-order valence-corrected chi connectivity index (χ4v) is 4.59. The van der Waals surface area contributed by atoms with Crippen LogP contribution >= 0.6 is 11.6 Å². The van der Waals surface area contributed by atoms with E-state index in [9.17, 15) is 9.18 Å². The lowest BCUT2D eigenvalue weighted by atomic mass is 9.85. The highest BCUT2D eigenvalue weighted by Crippen LogP contribution is 2.41. The fourth-order valence-electron chi connectivity index (χ4n) is 4.44. The Labute approximate surface area is 229 Å². The summed E-state index contributed by atoms with van der Waals surface area (Å²) >= 11 is 6.33. The Bertz CT molecular complexity index is 1640. The molecule has 4 N–H and O–H groups in total. The van der Waals surface area contributed by atoms with E-state index < -0.39 is 0 Å². The Morgan fingerprint density at radius 2 is 1.87 bits per heavy atom. The molecular formula is C29H23ClFN7O. The minimum Gasteiger partial charge on any atom is -0.369 e. The number of aromatic nitrogens is 2. The molecule has 0 atom stereocenters. The summed E-state index contributed by atoms with van der Waals surface area (Å²) in [6, 6.07) is 13.8. The summed E-state index contributed by atoms with van der Waals surface area (Å²) in [7, 11) is 0. The molecule has 3 aliphatic rings. The molecule has 0 radical (unpaired) electrons. The summed E-state index contributed by atoms with van der Waals surface area (Å²) in [6.45, 7) is 0. The number of halogens is 2. The number of nitrogens with two attached hydrogens (primary N) is 1. The Balaban J connectivity index is 1.24. The molecule has 1 saturated carbocycles. The molecule has 39 heavy (non-hydrogen) atoms. The van der Waals surface area contributed by atoms with Gasteiger partial charge in [-0.2, -0.15) is 0 Å². The van der Waals surface area contributed by atoms with E-state index in [1.54, 1.807) is 48.8 Å². The van der Waals surface area contributed by atoms with Crippen molar-refractivity contribution in [2.45, 2.75) is 19.3 Å². The maximum Gasteiger partial charge on any atom is 0.229 e. The van der Waals surface area contributed by atoms with Crippen molar-refractivity contribution < 1.29 is 9.18 Å². The molecule has 1 aromatic heterocycles. The van der Waals surface area contributed by atoms with Gasteiger partial charge in [-0.15, -0.1) is 0 Å². The number of carbonyl (C=O) groups is 1. The first kappa shape index (κ1) is 24.7. The Morgan fingerprint density at radius 1 is 1.08 bits per heavy atom. The smallest absolute Gasteiger partial charge is 0.229 e. The first-order valence-corrected chi connectivity index (χ1v) is 12.8. The number of fused-ring (bicyclic) bond motifs is 3. The van der Waals surface area contributed by atoms with Gasteiger partial charge in [-0.25, -0.2) is 24.3 Å². The highest BCUT2D eigenvalue weighted by atomic mass is 35.5. The number of aliphatic imine (C=N–C) groups is 2. The number of hydrogen-bond acceptors (Lipinski definition) is 6. The topological polar surface area (TPSA) is 118 Å². The second kappa shape index (κ2) is 10.3. The van der Waals surface area contributed by atoms with E-state index in [1.807, 2.05) is 18.2 Å². The molecule has 2 aliphatic carbocycles. The average Bonchev–Trinajstić information content (AvgIpc) is 3.79. The number of amides is 1. The summed E-state index contributed by atoms with van der Waals surface area (Å²) < 4.78 is 14.7. The molecule has 0 bridgehead atoms. The normalized spacial score (nSPS) is 16.5. The number of rotatable bonds is 5. The lowest BCUT2D eigenvalue weighted by molar-refractivity contribution is -0.120. The van der Waals surface area contributed by atoms with Crippen molar-refractivity contribution >= 4 is 57.1 Å². The third-order valence-corrected chi connectivity index (χ3v) is 6.75. The zero-order valence-corrected chi connectivity index (χ0v) is 21.4. The summed E-state index contributed by atoms with van der Waals surface area (Å²) in [6.07, 6.45) is 9.49. The van der Waals surface area contributed by atoms with E-state index in [-0.39, 0.29) is 28.8 Å². The van der Waals surface area contributed by atoms with Crippen LogP contribution in [0.1, 0.15) is 29.7 Å². The van der Waals surface area contributed by atoms with E-state index in [4.69, 9.17) is 22.3 Å². The monoisotopic (exact) mass is 539 g/mol. The molecule has 3 aromatic rings. The van der Waals surface area contributed by atoms with Crippen molar-refractivity contribution in [1.82, 2.24) is 15.3 Å². The van der Waals surface area contributed by atoms with Crippen LogP contribution in [-0.4, -0.2) is 27.0 Å². The molecule has 2 aromatic carbocycles.